The zero-order valence-corrected chi connectivity index (χ0v) is 36.4. The van der Waals surface area contributed by atoms with E-state index in [0.29, 0.717) is 58.9 Å². The molecule has 14 heteroatoms. The van der Waals surface area contributed by atoms with Crippen LogP contribution in [0.25, 0.3) is 15.8 Å². The molecular formula is C46H58N10O3S. The van der Waals surface area contributed by atoms with Crippen molar-refractivity contribution < 1.29 is 14.6 Å². The molecule has 13 nitrogen and oxygen atoms in total. The lowest BCUT2D eigenvalue weighted by molar-refractivity contribution is -0.404. The molecule has 1 spiro atoms. The van der Waals surface area contributed by atoms with Gasteiger partial charge in [0.1, 0.15) is 5.82 Å². The standard InChI is InChI=1S/C46H58N10O3S/c1-28-32-9-8-14-56(40(32)53-52-39(28)51-42-49-35-10-6-7-11-36(35)60-42)37-13-12-33(38(50-37)41(57)58)34(24-47)29(2)48-25-31-22-44(4)27-45(26-43(3)21-30(31)23-46(43,44)45)59-20-19-55-17-15-54(5)16-18-55/h6-7,10-13,24,30-31H,8-9,14-23,25-27,47H2,1-5H3,(H,57,58)(H,49,51,52). The van der Waals surface area contributed by atoms with Crippen molar-refractivity contribution in [2.24, 2.45) is 38.8 Å². The number of rotatable bonds is 12. The van der Waals surface area contributed by atoms with Crippen molar-refractivity contribution in [1.82, 2.24) is 30.0 Å². The van der Waals surface area contributed by atoms with E-state index in [2.05, 4.69) is 52.3 Å². The van der Waals surface area contributed by atoms with E-state index in [1.54, 1.807) is 11.3 Å². The van der Waals surface area contributed by atoms with Gasteiger partial charge >= 0.3 is 5.97 Å². The fourth-order valence-electron chi connectivity index (χ4n) is 13.4. The van der Waals surface area contributed by atoms with Gasteiger partial charge in [-0.25, -0.2) is 14.8 Å². The normalized spacial score (nSPS) is 31.4. The summed E-state index contributed by atoms with van der Waals surface area (Å²) in [7, 11) is 2.21. The number of aromatic carboxylic acids is 1. The van der Waals surface area contributed by atoms with Gasteiger partial charge in [0.25, 0.3) is 0 Å². The first-order valence-corrected chi connectivity index (χ1v) is 22.7. The van der Waals surface area contributed by atoms with E-state index in [4.69, 9.17) is 25.4 Å². The molecule has 6 unspecified atom stereocenters. The number of para-hydroxylation sites is 1. The maximum atomic E-state index is 12.9. The highest BCUT2D eigenvalue weighted by molar-refractivity contribution is 7.22. The molecule has 1 saturated heterocycles. The maximum Gasteiger partial charge on any atom is 0.355 e. The van der Waals surface area contributed by atoms with Gasteiger partial charge in [-0.3, -0.25) is 9.89 Å². The molecule has 0 radical (unpaired) electrons. The second kappa shape index (κ2) is 14.6. The summed E-state index contributed by atoms with van der Waals surface area (Å²) in [6.07, 6.45) is 9.13. The van der Waals surface area contributed by atoms with Gasteiger partial charge in [0.2, 0.25) is 0 Å². The number of aliphatic imine (C=N–C) groups is 1. The Labute approximate surface area is 356 Å². The second-order valence-electron chi connectivity index (χ2n) is 19.2. The Kier molecular flexibility index (Phi) is 9.62. The molecule has 4 saturated carbocycles. The number of fused-ring (bicyclic) bond motifs is 3. The van der Waals surface area contributed by atoms with Crippen LogP contribution in [0.5, 0.6) is 0 Å². The number of allylic oxidation sites excluding steroid dienone is 1. The molecule has 2 aliphatic heterocycles. The average molecular weight is 831 g/mol. The fourth-order valence-corrected chi connectivity index (χ4v) is 14.3. The van der Waals surface area contributed by atoms with Crippen LogP contribution in [0.4, 0.5) is 22.6 Å². The van der Waals surface area contributed by atoms with E-state index < -0.39 is 5.97 Å². The number of likely N-dealkylation sites (N-methyl/N-ethyl adjacent to an activating group) is 1. The lowest BCUT2D eigenvalue weighted by Crippen LogP contribution is -2.83. The number of carboxylic acids is 1. The Morgan fingerprint density at radius 3 is 2.60 bits per heavy atom. The topological polar surface area (TPSA) is 158 Å². The molecular weight excluding hydrogens is 773 g/mol. The van der Waals surface area contributed by atoms with Crippen LogP contribution in [0.1, 0.15) is 86.5 Å². The first-order valence-electron chi connectivity index (χ1n) is 21.9. The molecule has 4 N–H and O–H groups in total. The fraction of sp³-hybridized carbons (Fsp3) is 0.565. The van der Waals surface area contributed by atoms with Gasteiger partial charge < -0.3 is 30.7 Å². The second-order valence-corrected chi connectivity index (χ2v) is 20.3. The molecule has 10 rings (SSSR count). The molecule has 2 bridgehead atoms. The molecule has 3 aromatic heterocycles. The van der Waals surface area contributed by atoms with Gasteiger partial charge in [-0.15, -0.1) is 10.2 Å². The van der Waals surface area contributed by atoms with Crippen LogP contribution >= 0.6 is 11.3 Å². The van der Waals surface area contributed by atoms with Crippen LogP contribution in [0.2, 0.25) is 0 Å². The average Bonchev–Trinajstić information content (AvgIpc) is 3.78. The van der Waals surface area contributed by atoms with Crippen molar-refractivity contribution in [2.75, 3.05) is 69.7 Å². The predicted molar refractivity (Wildman–Crippen MR) is 238 cm³/mol. The summed E-state index contributed by atoms with van der Waals surface area (Å²) in [4.78, 5) is 34.5. The van der Waals surface area contributed by atoms with E-state index in [1.165, 1.54) is 25.5 Å². The summed E-state index contributed by atoms with van der Waals surface area (Å²) in [5.41, 5.74) is 11.9. The monoisotopic (exact) mass is 830 g/mol. The molecule has 5 fully saturated rings. The summed E-state index contributed by atoms with van der Waals surface area (Å²) >= 11 is 1.57. The Hall–Kier alpha value is -4.50. The van der Waals surface area contributed by atoms with E-state index in [9.17, 15) is 9.90 Å². The van der Waals surface area contributed by atoms with Crippen LogP contribution in [-0.2, 0) is 11.2 Å². The minimum Gasteiger partial charge on any atom is -0.476 e. The minimum absolute atomic E-state index is 0.0451. The van der Waals surface area contributed by atoms with Gasteiger partial charge in [-0.05, 0) is 113 Å². The number of thiazole rings is 1. The van der Waals surface area contributed by atoms with Gasteiger partial charge in [-0.2, -0.15) is 0 Å². The van der Waals surface area contributed by atoms with Crippen molar-refractivity contribution in [3.8, 4) is 0 Å². The largest absolute Gasteiger partial charge is 0.476 e. The summed E-state index contributed by atoms with van der Waals surface area (Å²) in [5.74, 6) is 1.83. The summed E-state index contributed by atoms with van der Waals surface area (Å²) in [5, 5.41) is 23.9. The highest BCUT2D eigenvalue weighted by atomic mass is 32.1. The van der Waals surface area contributed by atoms with Crippen LogP contribution in [0.3, 0.4) is 0 Å². The van der Waals surface area contributed by atoms with Gasteiger partial charge in [0.15, 0.2) is 22.5 Å². The lowest BCUT2D eigenvalue weighted by Gasteiger charge is -2.83. The molecule has 1 aromatic carbocycles. The molecule has 0 amide bonds. The van der Waals surface area contributed by atoms with Crippen LogP contribution in [0, 0.1) is 35.0 Å². The van der Waals surface area contributed by atoms with E-state index in [1.807, 2.05) is 49.1 Å². The number of nitrogens with zero attached hydrogens (tertiary/aromatic N) is 8. The first-order chi connectivity index (χ1) is 28.9. The number of nitrogens with two attached hydrogens (primary N) is 1. The molecule has 60 heavy (non-hydrogen) atoms. The van der Waals surface area contributed by atoms with Crippen molar-refractivity contribution in [3.63, 3.8) is 0 Å². The SMILES string of the molecule is CC(=NCC1CC2(C)CC3(OCCN4CCN(C)CC4)CC4(C)CC1CC243)C(=CN)c1ccc(N2CCCc3c2nnc(Nc2nc4ccccc4s2)c3C)nc1C(=O)O. The Bertz CT molecular complexity index is 2390. The molecule has 316 valence electrons. The molecule has 5 heterocycles. The summed E-state index contributed by atoms with van der Waals surface area (Å²) in [6, 6.07) is 11.7. The van der Waals surface area contributed by atoms with E-state index in [0.717, 1.165) is 97.2 Å². The zero-order chi connectivity index (χ0) is 41.6. The van der Waals surface area contributed by atoms with Gasteiger partial charge in [-0.1, -0.05) is 37.3 Å². The number of benzene rings is 1. The molecule has 6 aliphatic rings. The zero-order valence-electron chi connectivity index (χ0n) is 35.6. The van der Waals surface area contributed by atoms with Gasteiger partial charge in [0, 0.05) is 85.4 Å². The Morgan fingerprint density at radius 2 is 1.83 bits per heavy atom. The Balaban J connectivity index is 0.834. The third kappa shape index (κ3) is 6.02. The molecule has 4 aliphatic carbocycles. The quantitative estimate of drug-likeness (QED) is 0.123. The van der Waals surface area contributed by atoms with Crippen LogP contribution < -0.4 is 16.0 Å². The van der Waals surface area contributed by atoms with Crippen LogP contribution in [0.15, 0.2) is 47.6 Å². The van der Waals surface area contributed by atoms with Crippen molar-refractivity contribution in [2.45, 2.75) is 78.2 Å². The number of anilines is 4. The Morgan fingerprint density at radius 1 is 1.05 bits per heavy atom. The highest BCUT2D eigenvalue weighted by Gasteiger charge is 2.89. The molecule has 6 atom stereocenters. The number of ether oxygens (including phenoxy) is 1. The number of carbonyl (C=O) groups is 1. The number of pyridine rings is 1. The minimum atomic E-state index is -1.12. The van der Waals surface area contributed by atoms with E-state index >= 15 is 0 Å². The van der Waals surface area contributed by atoms with E-state index in [-0.39, 0.29) is 22.1 Å². The van der Waals surface area contributed by atoms with Crippen LogP contribution in [-0.4, -0.2) is 112 Å². The first kappa shape index (κ1) is 39.6. The predicted octanol–water partition coefficient (Wildman–Crippen LogP) is 7.32. The van der Waals surface area contributed by atoms with Crippen molar-refractivity contribution >= 4 is 61.4 Å². The number of carboxylic acid groups (broad SMARTS) is 1. The third-order valence-electron chi connectivity index (χ3n) is 15.9. The third-order valence-corrected chi connectivity index (χ3v) is 16.9. The summed E-state index contributed by atoms with van der Waals surface area (Å²) in [6.45, 7) is 16.8. The number of piperazine rings is 1. The highest BCUT2D eigenvalue weighted by Crippen LogP contribution is 2.91. The van der Waals surface area contributed by atoms with Crippen molar-refractivity contribution in [1.29, 1.82) is 0 Å². The number of hydrogen-bond donors (Lipinski definition) is 3. The van der Waals surface area contributed by atoms with Gasteiger partial charge in [0.05, 0.1) is 22.4 Å². The number of aromatic nitrogens is 4. The maximum absolute atomic E-state index is 12.9. The van der Waals surface area contributed by atoms with Crippen molar-refractivity contribution in [3.05, 3.63) is 65.0 Å². The lowest BCUT2D eigenvalue weighted by atomic mass is 9.24. The summed E-state index contributed by atoms with van der Waals surface area (Å²) < 4.78 is 8.07. The number of nitrogens with one attached hydrogen (secondary N) is 1. The smallest absolute Gasteiger partial charge is 0.355 e. The molecule has 4 aromatic rings. The number of hydrogen-bond acceptors (Lipinski definition) is 13.